The minimum Gasteiger partial charge on any atom is -0.494 e. The van der Waals surface area contributed by atoms with Gasteiger partial charge in [-0.05, 0) is 36.2 Å². The van der Waals surface area contributed by atoms with Crippen molar-refractivity contribution in [2.24, 2.45) is 0 Å². The van der Waals surface area contributed by atoms with Crippen LogP contribution < -0.4 is 15.0 Å². The lowest BCUT2D eigenvalue weighted by molar-refractivity contribution is -0.121. The Morgan fingerprint density at radius 3 is 2.52 bits per heavy atom. The number of aliphatic hydroxyl groups excluding tert-OH is 1. The molecule has 3 rings (SSSR count). The number of rotatable bonds is 8. The minimum atomic E-state index is -0.738. The van der Waals surface area contributed by atoms with Gasteiger partial charge in [-0.25, -0.2) is 4.90 Å². The topological polar surface area (TPSA) is 78.9 Å². The van der Waals surface area contributed by atoms with Crippen LogP contribution in [-0.4, -0.2) is 36.1 Å². The Bertz CT molecular complexity index is 777. The van der Waals surface area contributed by atoms with Crippen molar-refractivity contribution in [2.75, 3.05) is 18.1 Å². The molecule has 2 N–H and O–H groups in total. The van der Waals surface area contributed by atoms with Crippen LogP contribution in [0.15, 0.2) is 54.6 Å². The lowest BCUT2D eigenvalue weighted by Crippen LogP contribution is -2.40. The molecule has 0 aromatic heterocycles. The van der Waals surface area contributed by atoms with Crippen molar-refractivity contribution in [3.05, 3.63) is 60.2 Å². The molecule has 0 unspecified atom stereocenters. The normalized spacial score (nSPS) is 18.0. The number of nitrogens with zero attached hydrogens (tertiary/aromatic N) is 1. The van der Waals surface area contributed by atoms with Gasteiger partial charge in [0.05, 0.1) is 30.9 Å². The third-order valence-electron chi connectivity index (χ3n) is 4.46. The van der Waals surface area contributed by atoms with Gasteiger partial charge in [-0.1, -0.05) is 37.3 Å². The summed E-state index contributed by atoms with van der Waals surface area (Å²) in [5.74, 6) is 0.150. The van der Waals surface area contributed by atoms with E-state index in [2.05, 4.69) is 5.32 Å². The molecule has 6 nitrogen and oxygen atoms in total. The van der Waals surface area contributed by atoms with Crippen molar-refractivity contribution in [2.45, 2.75) is 31.9 Å². The molecule has 1 heterocycles. The first-order valence-electron chi connectivity index (χ1n) is 9.16. The van der Waals surface area contributed by atoms with Crippen LogP contribution in [0.1, 0.15) is 31.4 Å². The summed E-state index contributed by atoms with van der Waals surface area (Å²) in [4.78, 5) is 26.2. The lowest BCUT2D eigenvalue weighted by Gasteiger charge is -2.17. The largest absolute Gasteiger partial charge is 0.494 e. The van der Waals surface area contributed by atoms with Gasteiger partial charge in [-0.3, -0.25) is 9.59 Å². The number of ether oxygens (including phenoxy) is 1. The summed E-state index contributed by atoms with van der Waals surface area (Å²) in [5, 5.41) is 13.2. The van der Waals surface area contributed by atoms with Crippen LogP contribution in [0.3, 0.4) is 0 Å². The number of benzene rings is 2. The molecule has 1 aliphatic heterocycles. The average molecular weight is 368 g/mol. The number of hydrogen-bond donors (Lipinski definition) is 2. The first-order valence-corrected chi connectivity index (χ1v) is 9.16. The number of imide groups is 1. The molecule has 1 saturated heterocycles. The molecule has 2 aromatic carbocycles. The number of nitrogens with one attached hydrogen (secondary N) is 1. The third kappa shape index (κ3) is 4.53. The maximum atomic E-state index is 12.7. The molecule has 0 aliphatic carbocycles. The zero-order chi connectivity index (χ0) is 19.2. The van der Waals surface area contributed by atoms with E-state index in [0.29, 0.717) is 18.0 Å². The highest BCUT2D eigenvalue weighted by molar-refractivity contribution is 6.22. The molecule has 1 aliphatic rings. The van der Waals surface area contributed by atoms with E-state index in [1.54, 1.807) is 24.3 Å². The van der Waals surface area contributed by atoms with Gasteiger partial charge in [0.25, 0.3) is 5.91 Å². The van der Waals surface area contributed by atoms with Crippen LogP contribution >= 0.6 is 0 Å². The quantitative estimate of drug-likeness (QED) is 0.700. The van der Waals surface area contributed by atoms with Crippen molar-refractivity contribution in [3.8, 4) is 5.75 Å². The smallest absolute Gasteiger partial charge is 0.251 e. The highest BCUT2D eigenvalue weighted by Crippen LogP contribution is 2.25. The van der Waals surface area contributed by atoms with Gasteiger partial charge in [0, 0.05) is 6.54 Å². The van der Waals surface area contributed by atoms with Crippen molar-refractivity contribution in [1.82, 2.24) is 5.32 Å². The zero-order valence-electron chi connectivity index (χ0n) is 15.3. The van der Waals surface area contributed by atoms with Gasteiger partial charge in [0.2, 0.25) is 5.91 Å². The highest BCUT2D eigenvalue weighted by Gasteiger charge is 2.39. The second kappa shape index (κ2) is 8.79. The van der Waals surface area contributed by atoms with Crippen molar-refractivity contribution >= 4 is 17.5 Å². The van der Waals surface area contributed by atoms with Crippen LogP contribution in [0, 0.1) is 0 Å². The molecule has 0 radical (unpaired) electrons. The molecule has 2 atom stereocenters. The van der Waals surface area contributed by atoms with E-state index in [1.165, 1.54) is 4.90 Å². The maximum absolute atomic E-state index is 12.7. The van der Waals surface area contributed by atoms with E-state index in [4.69, 9.17) is 4.74 Å². The molecular weight excluding hydrogens is 344 g/mol. The molecule has 0 bridgehead atoms. The Morgan fingerprint density at radius 2 is 1.85 bits per heavy atom. The Labute approximate surface area is 158 Å². The Kier molecular flexibility index (Phi) is 6.21. The molecule has 6 heteroatoms. The molecular formula is C21H24N2O4. The molecule has 1 fully saturated rings. The number of carbonyl (C=O) groups is 2. The third-order valence-corrected chi connectivity index (χ3v) is 4.46. The van der Waals surface area contributed by atoms with E-state index in [0.717, 1.165) is 12.0 Å². The fraction of sp³-hybridized carbons (Fsp3) is 0.333. The fourth-order valence-corrected chi connectivity index (χ4v) is 3.02. The first kappa shape index (κ1) is 19.1. The maximum Gasteiger partial charge on any atom is 0.251 e. The molecule has 142 valence electrons. The number of aliphatic hydroxyl groups is 1. The van der Waals surface area contributed by atoms with Crippen molar-refractivity contribution in [3.63, 3.8) is 0 Å². The monoisotopic (exact) mass is 368 g/mol. The van der Waals surface area contributed by atoms with Gasteiger partial charge in [-0.2, -0.15) is 0 Å². The number of hydrogen-bond acceptors (Lipinski definition) is 5. The highest BCUT2D eigenvalue weighted by atomic mass is 16.5. The van der Waals surface area contributed by atoms with E-state index in [1.807, 2.05) is 37.3 Å². The Balaban J connectivity index is 1.61. The SMILES string of the molecule is CCCOc1ccc(N2C(=O)C[C@@H](NC[C@H](O)c3ccccc3)C2=O)cc1. The standard InChI is InChI=1S/C21H24N2O4/c1-2-12-27-17-10-8-16(9-11-17)23-20(25)13-18(21(23)26)22-14-19(24)15-6-4-3-5-7-15/h3-11,18-19,22,24H,2,12-14H2,1H3/t18-,19+/m1/s1. The average Bonchev–Trinajstić information content (AvgIpc) is 2.99. The van der Waals surface area contributed by atoms with Crippen LogP contribution in [0.5, 0.6) is 5.75 Å². The van der Waals surface area contributed by atoms with Gasteiger partial charge in [0.1, 0.15) is 5.75 Å². The summed E-state index contributed by atoms with van der Waals surface area (Å²) < 4.78 is 5.53. The zero-order valence-corrected chi connectivity index (χ0v) is 15.3. The van der Waals surface area contributed by atoms with Gasteiger partial charge < -0.3 is 15.2 Å². The molecule has 0 spiro atoms. The number of amides is 2. The van der Waals surface area contributed by atoms with E-state index < -0.39 is 12.1 Å². The molecule has 2 amide bonds. The second-order valence-electron chi connectivity index (χ2n) is 6.50. The number of anilines is 1. The lowest BCUT2D eigenvalue weighted by atomic mass is 10.1. The molecule has 2 aromatic rings. The molecule has 0 saturated carbocycles. The summed E-state index contributed by atoms with van der Waals surface area (Å²) in [6, 6.07) is 15.5. The van der Waals surface area contributed by atoms with Crippen LogP contribution in [0.2, 0.25) is 0 Å². The van der Waals surface area contributed by atoms with E-state index in [-0.39, 0.29) is 24.8 Å². The summed E-state index contributed by atoms with van der Waals surface area (Å²) in [5.41, 5.74) is 1.29. The fourth-order valence-electron chi connectivity index (χ4n) is 3.02. The van der Waals surface area contributed by atoms with Crippen molar-refractivity contribution < 1.29 is 19.4 Å². The predicted octanol–water partition coefficient (Wildman–Crippen LogP) is 2.43. The summed E-state index contributed by atoms with van der Waals surface area (Å²) in [6.07, 6.45) is 0.250. The predicted molar refractivity (Wildman–Crippen MR) is 103 cm³/mol. The van der Waals surface area contributed by atoms with Crippen LogP contribution in [0.4, 0.5) is 5.69 Å². The molecule has 27 heavy (non-hydrogen) atoms. The van der Waals surface area contributed by atoms with E-state index in [9.17, 15) is 14.7 Å². The van der Waals surface area contributed by atoms with Crippen LogP contribution in [-0.2, 0) is 9.59 Å². The van der Waals surface area contributed by atoms with Crippen LogP contribution in [0.25, 0.3) is 0 Å². The van der Waals surface area contributed by atoms with Gasteiger partial charge in [-0.15, -0.1) is 0 Å². The minimum absolute atomic E-state index is 0.0778. The second-order valence-corrected chi connectivity index (χ2v) is 6.50. The van der Waals surface area contributed by atoms with E-state index >= 15 is 0 Å². The Hall–Kier alpha value is -2.70. The summed E-state index contributed by atoms with van der Waals surface area (Å²) >= 11 is 0. The summed E-state index contributed by atoms with van der Waals surface area (Å²) in [7, 11) is 0. The van der Waals surface area contributed by atoms with Gasteiger partial charge in [0.15, 0.2) is 0 Å². The van der Waals surface area contributed by atoms with Gasteiger partial charge >= 0.3 is 0 Å². The Morgan fingerprint density at radius 1 is 1.15 bits per heavy atom. The van der Waals surface area contributed by atoms with Crippen molar-refractivity contribution in [1.29, 1.82) is 0 Å². The first-order chi connectivity index (χ1) is 13.1. The summed E-state index contributed by atoms with van der Waals surface area (Å²) in [6.45, 7) is 2.85. The number of carbonyl (C=O) groups excluding carboxylic acids is 2.